The van der Waals surface area contributed by atoms with E-state index in [0.29, 0.717) is 10.0 Å². The summed E-state index contributed by atoms with van der Waals surface area (Å²) in [6.45, 7) is 3.01. The fraction of sp³-hybridized carbons (Fsp3) is 0.167. The molecule has 1 aromatic heterocycles. The SMILES string of the molecule is Cc1ccc(-c2nn(-c3ccc(Cl)c(Cl)c3)c3c2CCN3)cc1. The topological polar surface area (TPSA) is 29.9 Å². The lowest BCUT2D eigenvalue weighted by Gasteiger charge is -2.07. The van der Waals surface area contributed by atoms with Gasteiger partial charge in [-0.1, -0.05) is 53.0 Å². The highest BCUT2D eigenvalue weighted by atomic mass is 35.5. The predicted octanol–water partition coefficient (Wildman–Crippen LogP) is 5.12. The van der Waals surface area contributed by atoms with Gasteiger partial charge < -0.3 is 5.32 Å². The molecule has 0 saturated carbocycles. The van der Waals surface area contributed by atoms with Gasteiger partial charge in [0.1, 0.15) is 5.82 Å². The average molecular weight is 344 g/mol. The molecule has 2 aromatic carbocycles. The van der Waals surface area contributed by atoms with E-state index in [-0.39, 0.29) is 0 Å². The Hall–Kier alpha value is -1.97. The summed E-state index contributed by atoms with van der Waals surface area (Å²) in [4.78, 5) is 0. The zero-order chi connectivity index (χ0) is 16.0. The Morgan fingerprint density at radius 2 is 1.83 bits per heavy atom. The lowest BCUT2D eigenvalue weighted by Crippen LogP contribution is -2.04. The Morgan fingerprint density at radius 3 is 2.57 bits per heavy atom. The van der Waals surface area contributed by atoms with Crippen LogP contribution in [0.15, 0.2) is 42.5 Å². The van der Waals surface area contributed by atoms with Crippen molar-refractivity contribution in [3.63, 3.8) is 0 Å². The van der Waals surface area contributed by atoms with Crippen molar-refractivity contribution in [2.45, 2.75) is 13.3 Å². The summed E-state index contributed by atoms with van der Waals surface area (Å²) in [7, 11) is 0. The zero-order valence-electron chi connectivity index (χ0n) is 12.6. The van der Waals surface area contributed by atoms with Crippen molar-refractivity contribution in [1.29, 1.82) is 0 Å². The summed E-state index contributed by atoms with van der Waals surface area (Å²) < 4.78 is 1.92. The molecule has 3 nitrogen and oxygen atoms in total. The van der Waals surface area contributed by atoms with Crippen LogP contribution in [0.2, 0.25) is 10.0 Å². The second kappa shape index (κ2) is 5.59. The number of aryl methyl sites for hydroxylation is 1. The smallest absolute Gasteiger partial charge is 0.133 e. The summed E-state index contributed by atoms with van der Waals surface area (Å²) in [5.41, 5.74) is 5.56. The molecule has 4 rings (SSSR count). The number of rotatable bonds is 2. The lowest BCUT2D eigenvalue weighted by molar-refractivity contribution is 0.882. The Labute approximate surface area is 144 Å². The van der Waals surface area contributed by atoms with Gasteiger partial charge in [-0.2, -0.15) is 5.10 Å². The molecule has 0 amide bonds. The molecular formula is C18H15Cl2N3. The van der Waals surface area contributed by atoms with E-state index in [1.807, 2.05) is 16.8 Å². The molecule has 0 spiro atoms. The van der Waals surface area contributed by atoms with Gasteiger partial charge in [0.15, 0.2) is 0 Å². The van der Waals surface area contributed by atoms with Crippen LogP contribution >= 0.6 is 23.2 Å². The van der Waals surface area contributed by atoms with Crippen LogP contribution in [0.25, 0.3) is 16.9 Å². The molecule has 0 atom stereocenters. The van der Waals surface area contributed by atoms with E-state index < -0.39 is 0 Å². The largest absolute Gasteiger partial charge is 0.369 e. The normalized spacial score (nSPS) is 13.0. The lowest BCUT2D eigenvalue weighted by atomic mass is 10.1. The first-order chi connectivity index (χ1) is 11.1. The molecular weight excluding hydrogens is 329 g/mol. The van der Waals surface area contributed by atoms with Crippen molar-refractivity contribution in [3.8, 4) is 16.9 Å². The summed E-state index contributed by atoms with van der Waals surface area (Å²) in [5, 5.41) is 9.33. The number of hydrogen-bond acceptors (Lipinski definition) is 2. The maximum absolute atomic E-state index is 6.16. The van der Waals surface area contributed by atoms with Crippen LogP contribution in [0, 0.1) is 6.92 Å². The molecule has 23 heavy (non-hydrogen) atoms. The molecule has 0 unspecified atom stereocenters. The van der Waals surface area contributed by atoms with Crippen LogP contribution in [0.1, 0.15) is 11.1 Å². The zero-order valence-corrected chi connectivity index (χ0v) is 14.1. The third-order valence-corrected chi connectivity index (χ3v) is 4.86. The molecule has 1 aliphatic rings. The highest BCUT2D eigenvalue weighted by Crippen LogP contribution is 2.35. The minimum Gasteiger partial charge on any atom is -0.369 e. The molecule has 0 bridgehead atoms. The van der Waals surface area contributed by atoms with Crippen LogP contribution in [-0.4, -0.2) is 16.3 Å². The van der Waals surface area contributed by atoms with Crippen LogP contribution in [0.5, 0.6) is 0 Å². The number of aromatic nitrogens is 2. The summed E-state index contributed by atoms with van der Waals surface area (Å²) >= 11 is 12.2. The van der Waals surface area contributed by atoms with Crippen molar-refractivity contribution >= 4 is 29.0 Å². The van der Waals surface area contributed by atoms with Gasteiger partial charge in [-0.05, 0) is 31.5 Å². The van der Waals surface area contributed by atoms with Crippen LogP contribution in [0.3, 0.4) is 0 Å². The van der Waals surface area contributed by atoms with Crippen molar-refractivity contribution in [2.24, 2.45) is 0 Å². The molecule has 0 saturated heterocycles. The maximum atomic E-state index is 6.16. The number of hydrogen-bond donors (Lipinski definition) is 1. The number of nitrogens with zero attached hydrogens (tertiary/aromatic N) is 2. The maximum Gasteiger partial charge on any atom is 0.133 e. The Bertz CT molecular complexity index is 882. The molecule has 5 heteroatoms. The van der Waals surface area contributed by atoms with Gasteiger partial charge in [0.2, 0.25) is 0 Å². The van der Waals surface area contributed by atoms with E-state index in [1.54, 1.807) is 6.07 Å². The third-order valence-electron chi connectivity index (χ3n) is 4.12. The molecule has 2 heterocycles. The van der Waals surface area contributed by atoms with E-state index in [4.69, 9.17) is 28.3 Å². The van der Waals surface area contributed by atoms with Crippen LogP contribution < -0.4 is 5.32 Å². The second-order valence-electron chi connectivity index (χ2n) is 5.73. The number of nitrogens with one attached hydrogen (secondary N) is 1. The van der Waals surface area contributed by atoms with Gasteiger partial charge in [0.25, 0.3) is 0 Å². The number of halogens is 2. The monoisotopic (exact) mass is 343 g/mol. The Morgan fingerprint density at radius 1 is 1.04 bits per heavy atom. The van der Waals surface area contributed by atoms with E-state index in [0.717, 1.165) is 35.7 Å². The molecule has 116 valence electrons. The van der Waals surface area contributed by atoms with Crippen molar-refractivity contribution in [2.75, 3.05) is 11.9 Å². The first kappa shape index (κ1) is 14.6. The first-order valence-electron chi connectivity index (χ1n) is 7.52. The molecule has 0 aliphatic carbocycles. The molecule has 1 N–H and O–H groups in total. The fourth-order valence-electron chi connectivity index (χ4n) is 2.92. The van der Waals surface area contributed by atoms with Crippen molar-refractivity contribution < 1.29 is 0 Å². The van der Waals surface area contributed by atoms with E-state index in [2.05, 4.69) is 36.5 Å². The van der Waals surface area contributed by atoms with E-state index in [9.17, 15) is 0 Å². The Balaban J connectivity index is 1.87. The van der Waals surface area contributed by atoms with Gasteiger partial charge in [0.05, 0.1) is 21.4 Å². The molecule has 3 aromatic rings. The summed E-state index contributed by atoms with van der Waals surface area (Å²) in [5.74, 6) is 1.04. The first-order valence-corrected chi connectivity index (χ1v) is 8.27. The minimum atomic E-state index is 0.531. The quantitative estimate of drug-likeness (QED) is 0.699. The van der Waals surface area contributed by atoms with Gasteiger partial charge in [0, 0.05) is 17.7 Å². The van der Waals surface area contributed by atoms with Crippen molar-refractivity contribution in [1.82, 2.24) is 9.78 Å². The molecule has 0 fully saturated rings. The second-order valence-corrected chi connectivity index (χ2v) is 6.54. The summed E-state index contributed by atoms with van der Waals surface area (Å²) in [6.07, 6.45) is 0.972. The number of benzene rings is 2. The molecule has 1 aliphatic heterocycles. The van der Waals surface area contributed by atoms with Crippen LogP contribution in [-0.2, 0) is 6.42 Å². The fourth-order valence-corrected chi connectivity index (χ4v) is 3.21. The van der Waals surface area contributed by atoms with Crippen LogP contribution in [0.4, 0.5) is 5.82 Å². The van der Waals surface area contributed by atoms with Gasteiger partial charge in [-0.15, -0.1) is 0 Å². The van der Waals surface area contributed by atoms with E-state index >= 15 is 0 Å². The standard InChI is InChI=1S/C18H15Cl2N3/c1-11-2-4-12(5-3-11)17-14-8-9-21-18(14)23(22-17)13-6-7-15(19)16(20)10-13/h2-7,10,21H,8-9H2,1H3. The number of anilines is 1. The van der Waals surface area contributed by atoms with E-state index in [1.165, 1.54) is 11.1 Å². The van der Waals surface area contributed by atoms with Gasteiger partial charge in [-0.3, -0.25) is 0 Å². The van der Waals surface area contributed by atoms with Crippen molar-refractivity contribution in [3.05, 3.63) is 63.6 Å². The Kier molecular flexibility index (Phi) is 3.55. The average Bonchev–Trinajstić information content (AvgIpc) is 3.13. The minimum absolute atomic E-state index is 0.531. The highest BCUT2D eigenvalue weighted by molar-refractivity contribution is 6.42. The molecule has 0 radical (unpaired) electrons. The summed E-state index contributed by atoms with van der Waals surface area (Å²) in [6, 6.07) is 14.0. The predicted molar refractivity (Wildman–Crippen MR) is 96.0 cm³/mol. The third kappa shape index (κ3) is 2.50. The number of fused-ring (bicyclic) bond motifs is 1. The van der Waals surface area contributed by atoms with Gasteiger partial charge >= 0.3 is 0 Å². The van der Waals surface area contributed by atoms with Gasteiger partial charge in [-0.25, -0.2) is 4.68 Å². The highest BCUT2D eigenvalue weighted by Gasteiger charge is 2.24.